The van der Waals surface area contributed by atoms with Crippen LogP contribution in [0.15, 0.2) is 78.9 Å². The van der Waals surface area contributed by atoms with E-state index < -0.39 is 5.97 Å². The zero-order chi connectivity index (χ0) is 22.7. The first-order valence-corrected chi connectivity index (χ1v) is 10.3. The average Bonchev–Trinajstić information content (AvgIpc) is 3.15. The van der Waals surface area contributed by atoms with Crippen molar-refractivity contribution in [3.63, 3.8) is 0 Å². The average molecular weight is 428 g/mol. The number of rotatable bonds is 7. The Hall–Kier alpha value is -4.13. The molecule has 0 radical (unpaired) electrons. The van der Waals surface area contributed by atoms with Gasteiger partial charge in [0.25, 0.3) is 0 Å². The van der Waals surface area contributed by atoms with E-state index in [9.17, 15) is 9.59 Å². The van der Waals surface area contributed by atoms with Crippen LogP contribution in [0.25, 0.3) is 0 Å². The van der Waals surface area contributed by atoms with Crippen LogP contribution in [0.5, 0.6) is 0 Å². The Balaban J connectivity index is 1.65. The molecule has 0 aliphatic carbocycles. The van der Waals surface area contributed by atoms with Gasteiger partial charge < -0.3 is 10.8 Å². The second-order valence-corrected chi connectivity index (χ2v) is 7.71. The van der Waals surface area contributed by atoms with Crippen LogP contribution in [0.4, 0.5) is 16.2 Å². The summed E-state index contributed by atoms with van der Waals surface area (Å²) in [5.74, 6) is -0.840. The monoisotopic (exact) mass is 428 g/mol. The molecule has 162 valence electrons. The van der Waals surface area contributed by atoms with Crippen molar-refractivity contribution >= 4 is 29.2 Å². The number of amides is 2. The minimum atomic E-state index is -0.822. The molecule has 2 amide bonds. The molecule has 4 N–H and O–H groups in total. The molecule has 1 aliphatic heterocycles. The number of nitrogen functional groups attached to an aromatic ring is 1. The van der Waals surface area contributed by atoms with Crippen LogP contribution < -0.4 is 15.5 Å². The lowest BCUT2D eigenvalue weighted by atomic mass is 10.0. The largest absolute Gasteiger partial charge is 0.481 e. The summed E-state index contributed by atoms with van der Waals surface area (Å²) in [4.78, 5) is 27.8. The number of urea groups is 1. The van der Waals surface area contributed by atoms with E-state index in [0.29, 0.717) is 18.5 Å². The third-order valence-corrected chi connectivity index (χ3v) is 5.62. The number of aliphatic carboxylic acids is 1. The number of carboxylic acid groups (broad SMARTS) is 1. The number of para-hydroxylation sites is 1. The number of carboxylic acids is 1. The molecule has 7 heteroatoms. The quantitative estimate of drug-likeness (QED) is 0.387. The molecule has 1 aliphatic rings. The van der Waals surface area contributed by atoms with Crippen LogP contribution in [-0.2, 0) is 11.2 Å². The molecule has 0 aromatic heterocycles. The lowest BCUT2D eigenvalue weighted by Gasteiger charge is -2.23. The van der Waals surface area contributed by atoms with Gasteiger partial charge in [-0.15, -0.1) is 0 Å². The first-order chi connectivity index (χ1) is 15.4. The minimum Gasteiger partial charge on any atom is -0.481 e. The van der Waals surface area contributed by atoms with E-state index in [-0.39, 0.29) is 24.3 Å². The molecule has 0 saturated carbocycles. The lowest BCUT2D eigenvalue weighted by Crippen LogP contribution is -2.32. The van der Waals surface area contributed by atoms with Gasteiger partial charge in [-0.3, -0.25) is 20.0 Å². The first kappa shape index (κ1) is 21.1. The van der Waals surface area contributed by atoms with Gasteiger partial charge in [-0.1, -0.05) is 42.5 Å². The van der Waals surface area contributed by atoms with E-state index in [4.69, 9.17) is 16.2 Å². The third kappa shape index (κ3) is 4.32. The zero-order valence-electron chi connectivity index (χ0n) is 17.4. The van der Waals surface area contributed by atoms with Crippen LogP contribution in [0.2, 0.25) is 0 Å². The van der Waals surface area contributed by atoms with Crippen LogP contribution >= 0.6 is 0 Å². The molecule has 3 aromatic carbocycles. The maximum Gasteiger partial charge on any atom is 0.329 e. The van der Waals surface area contributed by atoms with Crippen LogP contribution in [-0.4, -0.2) is 29.5 Å². The highest BCUT2D eigenvalue weighted by Crippen LogP contribution is 2.37. The van der Waals surface area contributed by atoms with Crippen molar-refractivity contribution < 1.29 is 14.7 Å². The highest BCUT2D eigenvalue weighted by Gasteiger charge is 2.39. The highest BCUT2D eigenvalue weighted by molar-refractivity contribution is 6.07. The Morgan fingerprint density at radius 1 is 0.969 bits per heavy atom. The van der Waals surface area contributed by atoms with Crippen molar-refractivity contribution in [2.45, 2.75) is 18.9 Å². The molecule has 3 aromatic rings. The summed E-state index contributed by atoms with van der Waals surface area (Å²) in [6, 6.07) is 24.1. The predicted molar refractivity (Wildman–Crippen MR) is 124 cm³/mol. The number of amidine groups is 1. The fraction of sp³-hybridized carbons (Fsp3) is 0.160. The zero-order valence-corrected chi connectivity index (χ0v) is 17.4. The van der Waals surface area contributed by atoms with E-state index in [2.05, 4.69) is 0 Å². The number of nitrogens with two attached hydrogens (primary N) is 1. The van der Waals surface area contributed by atoms with Gasteiger partial charge in [0.1, 0.15) is 5.84 Å². The van der Waals surface area contributed by atoms with Gasteiger partial charge in [0.05, 0.1) is 12.6 Å². The van der Waals surface area contributed by atoms with Gasteiger partial charge in [0.2, 0.25) is 0 Å². The Morgan fingerprint density at radius 3 is 2.22 bits per heavy atom. The molecular weight excluding hydrogens is 404 g/mol. The number of benzene rings is 3. The van der Waals surface area contributed by atoms with E-state index in [1.807, 2.05) is 54.6 Å². The molecule has 1 heterocycles. The van der Waals surface area contributed by atoms with Crippen molar-refractivity contribution in [3.05, 3.63) is 95.6 Å². The van der Waals surface area contributed by atoms with E-state index in [0.717, 1.165) is 22.5 Å². The van der Waals surface area contributed by atoms with Gasteiger partial charge in [-0.25, -0.2) is 4.79 Å². The summed E-state index contributed by atoms with van der Waals surface area (Å²) in [7, 11) is 0. The van der Waals surface area contributed by atoms with Crippen molar-refractivity contribution in [3.8, 4) is 0 Å². The number of anilines is 2. The summed E-state index contributed by atoms with van der Waals surface area (Å²) in [5, 5.41) is 16.5. The topological polar surface area (TPSA) is 111 Å². The molecule has 0 bridgehead atoms. The summed E-state index contributed by atoms with van der Waals surface area (Å²) in [6.07, 6.45) is 0.553. The van der Waals surface area contributed by atoms with E-state index >= 15 is 0 Å². The fourth-order valence-electron chi connectivity index (χ4n) is 3.92. The van der Waals surface area contributed by atoms with E-state index in [1.54, 1.807) is 34.1 Å². The number of nitrogens with one attached hydrogen (secondary N) is 1. The molecule has 4 rings (SSSR count). The Bertz CT molecular complexity index is 1130. The number of carbonyl (C=O) groups is 2. The second kappa shape index (κ2) is 8.93. The summed E-state index contributed by atoms with van der Waals surface area (Å²) in [6.45, 7) is 0.460. The van der Waals surface area contributed by atoms with Gasteiger partial charge in [-0.2, -0.15) is 0 Å². The normalized spacial score (nSPS) is 15.8. The van der Waals surface area contributed by atoms with Crippen LogP contribution in [0.3, 0.4) is 0 Å². The molecule has 1 atom stereocenters. The number of nitrogens with zero attached hydrogens (tertiary/aromatic N) is 2. The molecule has 0 spiro atoms. The standard InChI is InChI=1S/C25H24N4O3/c26-24(27)19-11-13-20(14-12-19)28-16-22(29(25(28)32)21-4-2-1-3-5-21)18-9-6-17(7-10-18)8-15-23(30)31/h1-7,9-14,22H,8,15-16H2,(H3,26,27)(H,30,31). The number of hydrogen-bond donors (Lipinski definition) is 3. The van der Waals surface area contributed by atoms with Gasteiger partial charge >= 0.3 is 12.0 Å². The molecule has 7 nitrogen and oxygen atoms in total. The van der Waals surface area contributed by atoms with Gasteiger partial charge in [0, 0.05) is 23.4 Å². The highest BCUT2D eigenvalue weighted by atomic mass is 16.4. The molecule has 1 fully saturated rings. The van der Waals surface area contributed by atoms with Crippen molar-refractivity contribution in [2.24, 2.45) is 5.73 Å². The van der Waals surface area contributed by atoms with Crippen LogP contribution in [0, 0.1) is 5.41 Å². The molecular formula is C25H24N4O3. The number of hydrogen-bond acceptors (Lipinski definition) is 3. The lowest BCUT2D eigenvalue weighted by molar-refractivity contribution is -0.136. The SMILES string of the molecule is N=C(N)c1ccc(N2CC(c3ccc(CCC(=O)O)cc3)N(c3ccccc3)C2=O)cc1. The Morgan fingerprint density at radius 2 is 1.62 bits per heavy atom. The van der Waals surface area contributed by atoms with Crippen molar-refractivity contribution in [1.82, 2.24) is 0 Å². The maximum absolute atomic E-state index is 13.5. The number of carbonyl (C=O) groups excluding carboxylic acids is 1. The summed E-state index contributed by atoms with van der Waals surface area (Å²) in [5.41, 5.74) is 9.63. The first-order valence-electron chi connectivity index (χ1n) is 10.3. The third-order valence-electron chi connectivity index (χ3n) is 5.62. The fourth-order valence-corrected chi connectivity index (χ4v) is 3.92. The molecule has 1 unspecified atom stereocenters. The smallest absolute Gasteiger partial charge is 0.329 e. The van der Waals surface area contributed by atoms with Gasteiger partial charge in [0.15, 0.2) is 0 Å². The Labute approximate surface area is 186 Å². The maximum atomic E-state index is 13.5. The minimum absolute atomic E-state index is 0.0175. The summed E-state index contributed by atoms with van der Waals surface area (Å²) >= 11 is 0. The van der Waals surface area contributed by atoms with Crippen molar-refractivity contribution in [2.75, 3.05) is 16.3 Å². The molecule has 32 heavy (non-hydrogen) atoms. The molecule has 1 saturated heterocycles. The predicted octanol–water partition coefficient (Wildman–Crippen LogP) is 4.18. The van der Waals surface area contributed by atoms with Crippen LogP contribution in [0.1, 0.15) is 29.2 Å². The second-order valence-electron chi connectivity index (χ2n) is 7.71. The van der Waals surface area contributed by atoms with Gasteiger partial charge in [-0.05, 0) is 53.9 Å². The summed E-state index contributed by atoms with van der Waals surface area (Å²) < 4.78 is 0. The van der Waals surface area contributed by atoms with Crippen molar-refractivity contribution in [1.29, 1.82) is 5.41 Å². The van der Waals surface area contributed by atoms with E-state index in [1.165, 1.54) is 0 Å². The number of aryl methyl sites for hydroxylation is 1. The Kier molecular flexibility index (Phi) is 5.89.